The van der Waals surface area contributed by atoms with E-state index in [1.54, 1.807) is 11.0 Å². The largest absolute Gasteiger partial charge is 0.313 e. The smallest absolute Gasteiger partial charge is 0.227 e. The molecule has 0 bridgehead atoms. The molecule has 2 heterocycles. The molecule has 2 aliphatic rings. The van der Waals surface area contributed by atoms with Crippen LogP contribution >= 0.6 is 0 Å². The Morgan fingerprint density at radius 2 is 2.11 bits per heavy atom. The highest BCUT2D eigenvalue weighted by molar-refractivity contribution is 5.95. The van der Waals surface area contributed by atoms with Crippen LogP contribution in [-0.2, 0) is 17.8 Å². The molecule has 1 aromatic rings. The molecule has 0 unspecified atom stereocenters. The van der Waals surface area contributed by atoms with E-state index in [2.05, 4.69) is 5.32 Å². The number of nitrogens with zero attached hydrogens (tertiary/aromatic N) is 1. The first-order valence-corrected chi connectivity index (χ1v) is 6.58. The molecule has 0 saturated carbocycles. The fourth-order valence-corrected chi connectivity index (χ4v) is 2.81. The lowest BCUT2D eigenvalue weighted by molar-refractivity contribution is -0.117. The summed E-state index contributed by atoms with van der Waals surface area (Å²) in [6, 6.07) is 3.71. The number of anilines is 1. The lowest BCUT2D eigenvalue weighted by Crippen LogP contribution is -2.25. The highest BCUT2D eigenvalue weighted by Crippen LogP contribution is 2.30. The first-order valence-electron chi connectivity index (χ1n) is 6.58. The number of nitrogens with one attached hydrogen (secondary N) is 1. The molecule has 1 aromatic carbocycles. The van der Waals surface area contributed by atoms with Crippen LogP contribution in [0.3, 0.4) is 0 Å². The quantitative estimate of drug-likeness (QED) is 0.824. The Bertz CT molecular complexity index is 487. The van der Waals surface area contributed by atoms with E-state index in [9.17, 15) is 9.18 Å². The van der Waals surface area contributed by atoms with Crippen LogP contribution in [0.1, 0.15) is 30.4 Å². The van der Waals surface area contributed by atoms with E-state index in [4.69, 9.17) is 0 Å². The van der Waals surface area contributed by atoms with Gasteiger partial charge in [0, 0.05) is 19.5 Å². The first-order chi connectivity index (χ1) is 8.77. The zero-order valence-electron chi connectivity index (χ0n) is 10.3. The monoisotopic (exact) mass is 248 g/mol. The third-order valence-corrected chi connectivity index (χ3v) is 3.78. The number of fused-ring (bicyclic) bond motifs is 1. The number of hydrogen-bond acceptors (Lipinski definition) is 2. The van der Waals surface area contributed by atoms with Crippen molar-refractivity contribution in [2.45, 2.75) is 32.2 Å². The van der Waals surface area contributed by atoms with Gasteiger partial charge in [0.05, 0.1) is 5.69 Å². The Kier molecular flexibility index (Phi) is 3.04. The molecule has 3 nitrogen and oxygen atoms in total. The summed E-state index contributed by atoms with van der Waals surface area (Å²) in [4.78, 5) is 13.3. The van der Waals surface area contributed by atoms with Gasteiger partial charge in [0.2, 0.25) is 5.91 Å². The summed E-state index contributed by atoms with van der Waals surface area (Å²) < 4.78 is 14.5. The SMILES string of the molecule is O=C1CCCN1c1ccc2c(c1F)CCCNC2. The van der Waals surface area contributed by atoms with Crippen LogP contribution in [0.2, 0.25) is 0 Å². The van der Waals surface area contributed by atoms with Gasteiger partial charge in [-0.05, 0) is 43.0 Å². The van der Waals surface area contributed by atoms with Gasteiger partial charge in [0.25, 0.3) is 0 Å². The van der Waals surface area contributed by atoms with Gasteiger partial charge in [0.1, 0.15) is 5.82 Å². The zero-order valence-corrected chi connectivity index (χ0v) is 10.3. The van der Waals surface area contributed by atoms with Crippen molar-refractivity contribution < 1.29 is 9.18 Å². The normalized spacial score (nSPS) is 19.8. The fourth-order valence-electron chi connectivity index (χ4n) is 2.81. The molecule has 4 heteroatoms. The van der Waals surface area contributed by atoms with Gasteiger partial charge in [0.15, 0.2) is 0 Å². The maximum atomic E-state index is 14.5. The third kappa shape index (κ3) is 1.90. The maximum absolute atomic E-state index is 14.5. The molecule has 2 aliphatic heterocycles. The van der Waals surface area contributed by atoms with Crippen molar-refractivity contribution in [1.82, 2.24) is 5.32 Å². The third-order valence-electron chi connectivity index (χ3n) is 3.78. The molecule has 1 amide bonds. The molecule has 18 heavy (non-hydrogen) atoms. The van der Waals surface area contributed by atoms with Crippen LogP contribution in [0.4, 0.5) is 10.1 Å². The number of carbonyl (C=O) groups excluding carboxylic acids is 1. The van der Waals surface area contributed by atoms with Crippen LogP contribution in [-0.4, -0.2) is 19.0 Å². The van der Waals surface area contributed by atoms with E-state index in [0.29, 0.717) is 18.7 Å². The van der Waals surface area contributed by atoms with Crippen molar-refractivity contribution in [3.8, 4) is 0 Å². The van der Waals surface area contributed by atoms with E-state index >= 15 is 0 Å². The van der Waals surface area contributed by atoms with E-state index in [0.717, 1.165) is 43.5 Å². The molecule has 0 aliphatic carbocycles. The van der Waals surface area contributed by atoms with Gasteiger partial charge < -0.3 is 10.2 Å². The lowest BCUT2D eigenvalue weighted by atomic mass is 10.0. The van der Waals surface area contributed by atoms with E-state index in [1.807, 2.05) is 6.07 Å². The number of rotatable bonds is 1. The van der Waals surface area contributed by atoms with Gasteiger partial charge in [-0.3, -0.25) is 4.79 Å². The van der Waals surface area contributed by atoms with Gasteiger partial charge in [-0.25, -0.2) is 4.39 Å². The van der Waals surface area contributed by atoms with E-state index < -0.39 is 0 Å². The molecule has 0 radical (unpaired) electrons. The van der Waals surface area contributed by atoms with Crippen molar-refractivity contribution in [3.05, 3.63) is 29.1 Å². The lowest BCUT2D eigenvalue weighted by Gasteiger charge is -2.19. The average Bonchev–Trinajstić information content (AvgIpc) is 2.65. The minimum absolute atomic E-state index is 0.0422. The van der Waals surface area contributed by atoms with Gasteiger partial charge in [-0.1, -0.05) is 6.07 Å². The number of hydrogen-bond donors (Lipinski definition) is 1. The molecule has 1 saturated heterocycles. The van der Waals surface area contributed by atoms with Crippen molar-refractivity contribution in [1.29, 1.82) is 0 Å². The summed E-state index contributed by atoms with van der Waals surface area (Å²) >= 11 is 0. The second-order valence-corrected chi connectivity index (χ2v) is 4.97. The second kappa shape index (κ2) is 4.69. The summed E-state index contributed by atoms with van der Waals surface area (Å²) in [6.07, 6.45) is 3.07. The van der Waals surface area contributed by atoms with Crippen LogP contribution in [0.15, 0.2) is 12.1 Å². The molecular weight excluding hydrogens is 231 g/mol. The van der Waals surface area contributed by atoms with Crippen LogP contribution in [0.5, 0.6) is 0 Å². The molecular formula is C14H17FN2O. The highest BCUT2D eigenvalue weighted by atomic mass is 19.1. The predicted molar refractivity (Wildman–Crippen MR) is 68.0 cm³/mol. The average molecular weight is 248 g/mol. The van der Waals surface area contributed by atoms with E-state index in [-0.39, 0.29) is 11.7 Å². The molecule has 1 fully saturated rings. The summed E-state index contributed by atoms with van der Waals surface area (Å²) in [5.41, 5.74) is 2.29. The maximum Gasteiger partial charge on any atom is 0.227 e. The molecule has 0 atom stereocenters. The molecule has 1 N–H and O–H groups in total. The minimum atomic E-state index is -0.188. The Labute approximate surface area is 106 Å². The zero-order chi connectivity index (χ0) is 12.5. The minimum Gasteiger partial charge on any atom is -0.313 e. The fraction of sp³-hybridized carbons (Fsp3) is 0.500. The number of amides is 1. The van der Waals surface area contributed by atoms with Crippen molar-refractivity contribution in [2.75, 3.05) is 18.0 Å². The van der Waals surface area contributed by atoms with Crippen molar-refractivity contribution in [3.63, 3.8) is 0 Å². The Hall–Kier alpha value is -1.42. The topological polar surface area (TPSA) is 32.3 Å². The van der Waals surface area contributed by atoms with Crippen LogP contribution in [0.25, 0.3) is 0 Å². The standard InChI is InChI=1S/C14H17FN2O/c15-14-11-3-1-7-16-9-10(11)5-6-12(14)17-8-2-4-13(17)18/h5-6,16H,1-4,7-9H2. The Morgan fingerprint density at radius 3 is 2.89 bits per heavy atom. The molecule has 0 aromatic heterocycles. The van der Waals surface area contributed by atoms with Gasteiger partial charge in [-0.15, -0.1) is 0 Å². The summed E-state index contributed by atoms with van der Waals surface area (Å²) in [5.74, 6) is -0.146. The number of halogens is 1. The number of benzene rings is 1. The number of carbonyl (C=O) groups is 1. The van der Waals surface area contributed by atoms with Gasteiger partial charge >= 0.3 is 0 Å². The van der Waals surface area contributed by atoms with E-state index in [1.165, 1.54) is 0 Å². The molecule has 96 valence electrons. The summed E-state index contributed by atoms with van der Waals surface area (Å²) in [6.45, 7) is 2.29. The molecule has 0 spiro atoms. The molecule has 3 rings (SSSR count). The summed E-state index contributed by atoms with van der Waals surface area (Å²) in [5, 5.41) is 3.28. The van der Waals surface area contributed by atoms with Crippen LogP contribution in [0, 0.1) is 5.82 Å². The van der Waals surface area contributed by atoms with Crippen LogP contribution < -0.4 is 10.2 Å². The highest BCUT2D eigenvalue weighted by Gasteiger charge is 2.26. The van der Waals surface area contributed by atoms with Crippen molar-refractivity contribution >= 4 is 11.6 Å². The van der Waals surface area contributed by atoms with Crippen molar-refractivity contribution in [2.24, 2.45) is 0 Å². The van der Waals surface area contributed by atoms with Gasteiger partial charge in [-0.2, -0.15) is 0 Å². The predicted octanol–water partition coefficient (Wildman–Crippen LogP) is 1.99. The Balaban J connectivity index is 2.01. The Morgan fingerprint density at radius 1 is 1.22 bits per heavy atom. The first kappa shape index (κ1) is 11.7. The summed E-state index contributed by atoms with van der Waals surface area (Å²) in [7, 11) is 0. The second-order valence-electron chi connectivity index (χ2n) is 4.97.